The minimum Gasteiger partial charge on any atom is -0.497 e. The van der Waals surface area contributed by atoms with E-state index in [0.717, 1.165) is 19.3 Å². The molecule has 1 amide bonds. The van der Waals surface area contributed by atoms with Crippen LogP contribution in [0.15, 0.2) is 41.3 Å². The Labute approximate surface area is 281 Å². The van der Waals surface area contributed by atoms with E-state index in [2.05, 4.69) is 12.2 Å². The molecule has 0 saturated carbocycles. The molecule has 2 aromatic carbocycles. The number of carbonyl (C=O) groups is 2. The van der Waals surface area contributed by atoms with E-state index in [4.69, 9.17) is 25.8 Å². The van der Waals surface area contributed by atoms with Crippen molar-refractivity contribution in [3.05, 3.63) is 42.0 Å². The molecular weight excluding hydrogens is 628 g/mol. The van der Waals surface area contributed by atoms with Crippen LogP contribution in [0.5, 0.6) is 17.2 Å². The van der Waals surface area contributed by atoms with E-state index < -0.39 is 27.1 Å². The highest BCUT2D eigenvalue weighted by Gasteiger charge is 2.30. The van der Waals surface area contributed by atoms with Gasteiger partial charge in [-0.2, -0.15) is 0 Å². The minimum atomic E-state index is -3.92. The van der Waals surface area contributed by atoms with Gasteiger partial charge in [-0.25, -0.2) is 12.7 Å². The number of hydrogen-bond donors (Lipinski definition) is 1. The Balaban J connectivity index is 1.89. The average molecular weight is 681 g/mol. The molecule has 2 rings (SSSR count). The molecule has 0 bridgehead atoms. The number of ether oxygens (including phenoxy) is 3. The molecule has 2 aromatic rings. The molecule has 0 radical (unpaired) electrons. The van der Waals surface area contributed by atoms with Crippen LogP contribution < -0.4 is 19.5 Å². The van der Waals surface area contributed by atoms with Crippen LogP contribution in [0, 0.1) is 0 Å². The van der Waals surface area contributed by atoms with Gasteiger partial charge in [0.15, 0.2) is 11.2 Å². The molecule has 0 saturated heterocycles. The summed E-state index contributed by atoms with van der Waals surface area (Å²) in [6, 6.07) is 8.88. The maximum absolute atomic E-state index is 13.5. The van der Waals surface area contributed by atoms with Crippen molar-refractivity contribution in [2.75, 3.05) is 40.2 Å². The first kappa shape index (κ1) is 39.4. The van der Waals surface area contributed by atoms with Crippen molar-refractivity contribution in [1.29, 1.82) is 0 Å². The van der Waals surface area contributed by atoms with Crippen LogP contribution in [0.25, 0.3) is 0 Å². The summed E-state index contributed by atoms with van der Waals surface area (Å²) in [5.41, 5.74) is 0.356. The number of halogens is 1. The number of carbonyl (C=O) groups excluding carboxylic acids is 2. The molecule has 0 spiro atoms. The number of nitrogens with one attached hydrogen (secondary N) is 1. The van der Waals surface area contributed by atoms with E-state index in [1.807, 2.05) is 0 Å². The molecule has 0 fully saturated rings. The Kier molecular flexibility index (Phi) is 18.1. The van der Waals surface area contributed by atoms with Gasteiger partial charge < -0.3 is 19.5 Å². The molecule has 0 aromatic heterocycles. The van der Waals surface area contributed by atoms with E-state index >= 15 is 0 Å². The third kappa shape index (κ3) is 12.4. The zero-order valence-corrected chi connectivity index (χ0v) is 29.8. The largest absolute Gasteiger partial charge is 0.497 e. The first-order valence-electron chi connectivity index (χ1n) is 16.5. The lowest BCUT2D eigenvalue weighted by molar-refractivity contribution is -0.115. The number of sulfonamides is 1. The zero-order valence-electron chi connectivity index (χ0n) is 28.2. The number of benzene rings is 2. The summed E-state index contributed by atoms with van der Waals surface area (Å²) in [6.45, 7) is 2.61. The molecule has 0 aliphatic heterocycles. The van der Waals surface area contributed by atoms with E-state index in [-0.39, 0.29) is 27.6 Å². The normalized spacial score (nSPS) is 12.2. The summed E-state index contributed by atoms with van der Waals surface area (Å²) < 4.78 is 44.2. The molecule has 1 atom stereocenters. The molecule has 0 heterocycles. The van der Waals surface area contributed by atoms with Gasteiger partial charge in [0.1, 0.15) is 22.1 Å². The molecule has 258 valence electrons. The summed E-state index contributed by atoms with van der Waals surface area (Å²) in [5.74, 6) is -0.732. The Hall–Kier alpha value is -2.82. The maximum atomic E-state index is 13.5. The number of nitrogens with zero attached hydrogens (tertiary/aromatic N) is 1. The van der Waals surface area contributed by atoms with Gasteiger partial charge in [-0.1, -0.05) is 90.4 Å². The minimum absolute atomic E-state index is 0.0245. The first-order valence-corrected chi connectivity index (χ1v) is 18.3. The quantitative estimate of drug-likeness (QED) is 0.0514. The van der Waals surface area contributed by atoms with Crippen LogP contribution >= 0.6 is 11.6 Å². The predicted molar refractivity (Wildman–Crippen MR) is 185 cm³/mol. The number of hydrogen-bond acceptors (Lipinski definition) is 7. The maximum Gasteiger partial charge on any atom is 0.250 e. The topological polar surface area (TPSA) is 111 Å². The molecule has 11 heteroatoms. The van der Waals surface area contributed by atoms with Crippen LogP contribution in [0.4, 0.5) is 5.69 Å². The lowest BCUT2D eigenvalue weighted by atomic mass is 10.0. The van der Waals surface area contributed by atoms with Crippen molar-refractivity contribution < 1.29 is 32.2 Å². The van der Waals surface area contributed by atoms with Crippen molar-refractivity contribution in [2.24, 2.45) is 0 Å². The van der Waals surface area contributed by atoms with Crippen LogP contribution in [0.2, 0.25) is 0 Å². The van der Waals surface area contributed by atoms with Gasteiger partial charge in [-0.15, -0.1) is 11.6 Å². The summed E-state index contributed by atoms with van der Waals surface area (Å²) >= 11 is 6.22. The smallest absolute Gasteiger partial charge is 0.250 e. The summed E-state index contributed by atoms with van der Waals surface area (Å²) in [6.07, 6.45) is 17.2. The fourth-order valence-corrected chi connectivity index (χ4v) is 6.74. The van der Waals surface area contributed by atoms with E-state index in [9.17, 15) is 18.0 Å². The predicted octanol–water partition coefficient (Wildman–Crippen LogP) is 8.24. The van der Waals surface area contributed by atoms with Gasteiger partial charge in [0.05, 0.1) is 27.0 Å². The number of Topliss-reactive ketones (excluding diaryl/α,β-unsaturated/α-hetero) is 1. The molecule has 0 aliphatic carbocycles. The number of methoxy groups -OCH3 is 3. The standard InChI is InChI=1S/C35H53ClN2O7S/c1-6-7-8-9-10-11-12-13-14-15-16-17-18-19-24-38(2)46(41,42)32-26-30(44-4)29(25-31(32)45-5)37-35(40)33(36)34(39)27-20-22-28(43-3)23-21-27/h20-23,25-26,33H,6-19,24H2,1-5H3,(H,37,40). The van der Waals surface area contributed by atoms with Crippen LogP contribution in [-0.4, -0.2) is 64.7 Å². The summed E-state index contributed by atoms with van der Waals surface area (Å²) in [5, 5.41) is 1.03. The van der Waals surface area contributed by atoms with E-state index in [1.54, 1.807) is 19.2 Å². The van der Waals surface area contributed by atoms with E-state index in [1.165, 1.54) is 121 Å². The highest BCUT2D eigenvalue weighted by molar-refractivity contribution is 7.89. The number of ketones is 1. The van der Waals surface area contributed by atoms with E-state index in [0.29, 0.717) is 12.3 Å². The van der Waals surface area contributed by atoms with Crippen molar-refractivity contribution in [3.8, 4) is 17.2 Å². The second kappa shape index (κ2) is 21.1. The molecule has 46 heavy (non-hydrogen) atoms. The SMILES string of the molecule is CCCCCCCCCCCCCCCCN(C)S(=O)(=O)c1cc(OC)c(NC(=O)C(Cl)C(=O)c2ccc(OC)cc2)cc1OC. The Morgan fingerprint density at radius 3 is 1.74 bits per heavy atom. The summed E-state index contributed by atoms with van der Waals surface area (Å²) in [4.78, 5) is 25.6. The lowest BCUT2D eigenvalue weighted by Crippen LogP contribution is -2.31. The van der Waals surface area contributed by atoms with Gasteiger partial charge >= 0.3 is 0 Å². The van der Waals surface area contributed by atoms with Crippen molar-refractivity contribution in [1.82, 2.24) is 4.31 Å². The molecule has 1 N–H and O–H groups in total. The average Bonchev–Trinajstić information content (AvgIpc) is 3.07. The molecule has 1 unspecified atom stereocenters. The Morgan fingerprint density at radius 2 is 1.26 bits per heavy atom. The Morgan fingerprint density at radius 1 is 0.761 bits per heavy atom. The van der Waals surface area contributed by atoms with Gasteiger partial charge in [0.2, 0.25) is 10.0 Å². The highest BCUT2D eigenvalue weighted by Crippen LogP contribution is 2.37. The lowest BCUT2D eigenvalue weighted by Gasteiger charge is -2.21. The van der Waals surface area contributed by atoms with Crippen LogP contribution in [-0.2, 0) is 14.8 Å². The number of rotatable bonds is 24. The Bertz CT molecular complexity index is 1320. The highest BCUT2D eigenvalue weighted by atomic mass is 35.5. The number of alkyl halides is 1. The van der Waals surface area contributed by atoms with Crippen molar-refractivity contribution in [3.63, 3.8) is 0 Å². The fraction of sp³-hybridized carbons (Fsp3) is 0.600. The summed E-state index contributed by atoms with van der Waals surface area (Å²) in [7, 11) is 1.82. The van der Waals surface area contributed by atoms with Gasteiger partial charge in [0, 0.05) is 31.3 Å². The number of anilines is 1. The van der Waals surface area contributed by atoms with Crippen molar-refractivity contribution in [2.45, 2.75) is 107 Å². The number of amides is 1. The second-order valence-electron chi connectivity index (χ2n) is 11.6. The van der Waals surface area contributed by atoms with Crippen LogP contribution in [0.3, 0.4) is 0 Å². The molecule has 9 nitrogen and oxygen atoms in total. The first-order chi connectivity index (χ1) is 22.1. The molecule has 0 aliphatic rings. The van der Waals surface area contributed by atoms with Crippen LogP contribution in [0.1, 0.15) is 107 Å². The van der Waals surface area contributed by atoms with Gasteiger partial charge in [-0.3, -0.25) is 9.59 Å². The monoisotopic (exact) mass is 680 g/mol. The van der Waals surface area contributed by atoms with Gasteiger partial charge in [-0.05, 0) is 30.7 Å². The van der Waals surface area contributed by atoms with Crippen molar-refractivity contribution >= 4 is 39.0 Å². The third-order valence-corrected chi connectivity index (χ3v) is 10.4. The number of unbranched alkanes of at least 4 members (excludes halogenated alkanes) is 13. The third-order valence-electron chi connectivity index (χ3n) is 8.09. The fourth-order valence-electron chi connectivity index (χ4n) is 5.20. The molecular formula is C35H53ClN2O7S. The zero-order chi connectivity index (χ0) is 34.0. The van der Waals surface area contributed by atoms with Gasteiger partial charge in [0.25, 0.3) is 5.91 Å². The second-order valence-corrected chi connectivity index (χ2v) is 14.0.